The van der Waals surface area contributed by atoms with Gasteiger partial charge in [-0.3, -0.25) is 9.80 Å². The topological polar surface area (TPSA) is 18.5 Å². The lowest BCUT2D eigenvalue weighted by Crippen LogP contribution is -2.61. The molecule has 1 aromatic carbocycles. The molecule has 3 nitrogen and oxygen atoms in total. The van der Waals surface area contributed by atoms with Gasteiger partial charge in [-0.1, -0.05) is 6.07 Å². The molecule has 20 heavy (non-hydrogen) atoms. The molecule has 0 radical (unpaired) electrons. The van der Waals surface area contributed by atoms with E-state index >= 15 is 0 Å². The van der Waals surface area contributed by atoms with Gasteiger partial charge in [0, 0.05) is 51.4 Å². The molecule has 2 aliphatic heterocycles. The highest BCUT2D eigenvalue weighted by molar-refractivity contribution is 5.21. The van der Waals surface area contributed by atoms with E-state index in [2.05, 4.69) is 22.0 Å². The van der Waals surface area contributed by atoms with Crippen LogP contribution in [0.4, 0.5) is 8.78 Å². The van der Waals surface area contributed by atoms with Crippen LogP contribution in [0.3, 0.4) is 0 Å². The highest BCUT2D eigenvalue weighted by atomic mass is 19.2. The summed E-state index contributed by atoms with van der Waals surface area (Å²) in [5, 5.41) is 3.30. The molecule has 2 heterocycles. The number of hydrogen-bond donors (Lipinski definition) is 1. The lowest BCUT2D eigenvalue weighted by atomic mass is 10.0. The van der Waals surface area contributed by atoms with Gasteiger partial charge >= 0.3 is 0 Å². The van der Waals surface area contributed by atoms with Gasteiger partial charge in [0.1, 0.15) is 0 Å². The SMILES string of the molecule is CC(c1ccc(F)c(F)c1)N1CCN(C2CNC2)CC1. The van der Waals surface area contributed by atoms with E-state index in [1.165, 1.54) is 12.1 Å². The average Bonchev–Trinajstić information content (AvgIpc) is 2.40. The summed E-state index contributed by atoms with van der Waals surface area (Å²) in [6.45, 7) is 8.33. The van der Waals surface area contributed by atoms with E-state index in [0.717, 1.165) is 44.8 Å². The molecule has 0 amide bonds. The fourth-order valence-electron chi connectivity index (χ4n) is 3.00. The largest absolute Gasteiger partial charge is 0.314 e. The zero-order valence-corrected chi connectivity index (χ0v) is 11.8. The molecule has 0 aromatic heterocycles. The van der Waals surface area contributed by atoms with Crippen molar-refractivity contribution in [3.63, 3.8) is 0 Å². The summed E-state index contributed by atoms with van der Waals surface area (Å²) in [5.74, 6) is -1.53. The van der Waals surface area contributed by atoms with Crippen molar-refractivity contribution in [2.75, 3.05) is 39.3 Å². The van der Waals surface area contributed by atoms with Crippen LogP contribution in [0, 0.1) is 11.6 Å². The summed E-state index contributed by atoms with van der Waals surface area (Å²) in [6.07, 6.45) is 0. The average molecular weight is 281 g/mol. The second kappa shape index (κ2) is 5.76. The molecule has 110 valence electrons. The Hall–Kier alpha value is -1.04. The third-order valence-corrected chi connectivity index (χ3v) is 4.60. The van der Waals surface area contributed by atoms with E-state index in [1.54, 1.807) is 6.07 Å². The van der Waals surface area contributed by atoms with Gasteiger partial charge in [-0.2, -0.15) is 0 Å². The Morgan fingerprint density at radius 2 is 1.80 bits per heavy atom. The molecule has 0 aliphatic carbocycles. The molecule has 1 atom stereocenters. The van der Waals surface area contributed by atoms with Gasteiger partial charge in [-0.15, -0.1) is 0 Å². The molecule has 3 rings (SSSR count). The number of nitrogens with zero attached hydrogens (tertiary/aromatic N) is 2. The fourth-order valence-corrected chi connectivity index (χ4v) is 3.00. The van der Waals surface area contributed by atoms with Crippen LogP contribution in [0.1, 0.15) is 18.5 Å². The molecule has 2 aliphatic rings. The fraction of sp³-hybridized carbons (Fsp3) is 0.600. The molecule has 2 fully saturated rings. The van der Waals surface area contributed by atoms with Crippen LogP contribution in [0.15, 0.2) is 18.2 Å². The summed E-state index contributed by atoms with van der Waals surface area (Å²) in [4.78, 5) is 4.86. The number of nitrogens with one attached hydrogen (secondary N) is 1. The first kappa shape index (κ1) is 13.9. The quantitative estimate of drug-likeness (QED) is 0.908. The van der Waals surface area contributed by atoms with Crippen molar-refractivity contribution in [2.45, 2.75) is 19.0 Å². The van der Waals surface area contributed by atoms with Crippen molar-refractivity contribution in [3.8, 4) is 0 Å². The van der Waals surface area contributed by atoms with Gasteiger partial charge in [-0.25, -0.2) is 8.78 Å². The monoisotopic (exact) mass is 281 g/mol. The predicted octanol–water partition coefficient (Wildman–Crippen LogP) is 1.62. The number of benzene rings is 1. The van der Waals surface area contributed by atoms with Crippen molar-refractivity contribution < 1.29 is 8.78 Å². The number of hydrogen-bond acceptors (Lipinski definition) is 3. The number of piperazine rings is 1. The summed E-state index contributed by atoms with van der Waals surface area (Å²) < 4.78 is 26.3. The third-order valence-electron chi connectivity index (χ3n) is 4.60. The molecule has 2 saturated heterocycles. The van der Waals surface area contributed by atoms with Crippen LogP contribution in [0.2, 0.25) is 0 Å². The van der Waals surface area contributed by atoms with E-state index in [9.17, 15) is 8.78 Å². The molecule has 0 bridgehead atoms. The lowest BCUT2D eigenvalue weighted by molar-refractivity contribution is 0.0551. The van der Waals surface area contributed by atoms with Crippen molar-refractivity contribution in [1.29, 1.82) is 0 Å². The first-order valence-corrected chi connectivity index (χ1v) is 7.29. The van der Waals surface area contributed by atoms with E-state index < -0.39 is 11.6 Å². The number of rotatable bonds is 3. The van der Waals surface area contributed by atoms with Crippen LogP contribution in [0.25, 0.3) is 0 Å². The standard InChI is InChI=1S/C15H21F2N3/c1-11(12-2-3-14(16)15(17)8-12)19-4-6-20(7-5-19)13-9-18-10-13/h2-3,8,11,13,18H,4-7,9-10H2,1H3. The Morgan fingerprint density at radius 1 is 1.10 bits per heavy atom. The summed E-state index contributed by atoms with van der Waals surface area (Å²) in [5.41, 5.74) is 0.850. The summed E-state index contributed by atoms with van der Waals surface area (Å²) >= 11 is 0. The Kier molecular flexibility index (Phi) is 4.01. The summed E-state index contributed by atoms with van der Waals surface area (Å²) in [7, 11) is 0. The van der Waals surface area contributed by atoms with Gasteiger partial charge in [-0.05, 0) is 24.6 Å². The van der Waals surface area contributed by atoms with Gasteiger partial charge in [0.05, 0.1) is 0 Å². The predicted molar refractivity (Wildman–Crippen MR) is 74.6 cm³/mol. The zero-order chi connectivity index (χ0) is 14.1. The maximum absolute atomic E-state index is 13.3. The van der Waals surface area contributed by atoms with Crippen LogP contribution >= 0.6 is 0 Å². The molecule has 5 heteroatoms. The smallest absolute Gasteiger partial charge is 0.159 e. The normalized spacial score (nSPS) is 23.6. The third kappa shape index (κ3) is 2.71. The van der Waals surface area contributed by atoms with Crippen molar-refractivity contribution in [3.05, 3.63) is 35.4 Å². The van der Waals surface area contributed by atoms with E-state index in [1.807, 2.05) is 0 Å². The van der Waals surface area contributed by atoms with E-state index in [4.69, 9.17) is 0 Å². The Bertz CT molecular complexity index is 468. The van der Waals surface area contributed by atoms with Crippen molar-refractivity contribution in [2.24, 2.45) is 0 Å². The zero-order valence-electron chi connectivity index (χ0n) is 11.8. The van der Waals surface area contributed by atoms with Crippen LogP contribution in [-0.4, -0.2) is 55.1 Å². The van der Waals surface area contributed by atoms with Crippen molar-refractivity contribution >= 4 is 0 Å². The molecule has 1 N–H and O–H groups in total. The molecule has 0 spiro atoms. The van der Waals surface area contributed by atoms with Crippen LogP contribution in [-0.2, 0) is 0 Å². The van der Waals surface area contributed by atoms with Gasteiger partial charge in [0.15, 0.2) is 11.6 Å². The minimum atomic E-state index is -0.775. The van der Waals surface area contributed by atoms with Crippen molar-refractivity contribution in [1.82, 2.24) is 15.1 Å². The maximum Gasteiger partial charge on any atom is 0.159 e. The Balaban J connectivity index is 1.60. The van der Waals surface area contributed by atoms with E-state index in [-0.39, 0.29) is 6.04 Å². The second-order valence-corrected chi connectivity index (χ2v) is 5.73. The summed E-state index contributed by atoms with van der Waals surface area (Å²) in [6, 6.07) is 5.05. The minimum Gasteiger partial charge on any atom is -0.314 e. The first-order chi connectivity index (χ1) is 9.65. The molecule has 1 unspecified atom stereocenters. The van der Waals surface area contributed by atoms with Crippen LogP contribution < -0.4 is 5.32 Å². The Morgan fingerprint density at radius 3 is 2.35 bits per heavy atom. The van der Waals surface area contributed by atoms with Gasteiger partial charge in [0.2, 0.25) is 0 Å². The van der Waals surface area contributed by atoms with Gasteiger partial charge in [0.25, 0.3) is 0 Å². The number of halogens is 2. The molecule has 0 saturated carbocycles. The first-order valence-electron chi connectivity index (χ1n) is 7.29. The Labute approximate surface area is 118 Å². The molecule has 1 aromatic rings. The second-order valence-electron chi connectivity index (χ2n) is 5.73. The minimum absolute atomic E-state index is 0.131. The lowest BCUT2D eigenvalue weighted by Gasteiger charge is -2.44. The van der Waals surface area contributed by atoms with Crippen LogP contribution in [0.5, 0.6) is 0 Å². The highest BCUT2D eigenvalue weighted by Gasteiger charge is 2.29. The van der Waals surface area contributed by atoms with E-state index in [0.29, 0.717) is 6.04 Å². The molecular formula is C15H21F2N3. The maximum atomic E-state index is 13.3. The highest BCUT2D eigenvalue weighted by Crippen LogP contribution is 2.23. The van der Waals surface area contributed by atoms with Gasteiger partial charge < -0.3 is 5.32 Å². The molecular weight excluding hydrogens is 260 g/mol.